The first-order valence-corrected chi connectivity index (χ1v) is 16.7. The molecule has 14 nitrogen and oxygen atoms in total. The van der Waals surface area contributed by atoms with Gasteiger partial charge in [0.25, 0.3) is 11.8 Å². The Kier molecular flexibility index (Phi) is 10.6. The zero-order valence-corrected chi connectivity index (χ0v) is 27.4. The number of hydrogen-bond acceptors (Lipinski definition) is 9. The van der Waals surface area contributed by atoms with E-state index in [1.807, 2.05) is 0 Å². The van der Waals surface area contributed by atoms with Crippen LogP contribution in [-0.2, 0) is 49.3 Å². The molecule has 51 heavy (non-hydrogen) atoms. The Morgan fingerprint density at radius 3 is 1.92 bits per heavy atom. The van der Waals surface area contributed by atoms with Crippen molar-refractivity contribution in [2.75, 3.05) is 6.54 Å². The number of benzene rings is 2. The lowest BCUT2D eigenvalue weighted by molar-refractivity contribution is -0.140. The van der Waals surface area contributed by atoms with E-state index in [2.05, 4.69) is 10.3 Å². The average molecular weight is 745 g/mol. The number of fused-ring (bicyclic) bond motifs is 2. The van der Waals surface area contributed by atoms with Gasteiger partial charge in [0, 0.05) is 30.1 Å². The second-order valence-electron chi connectivity index (χ2n) is 12.1. The summed E-state index contributed by atoms with van der Waals surface area (Å²) in [5.41, 5.74) is -6.42. The van der Waals surface area contributed by atoms with Gasteiger partial charge in [-0.2, -0.15) is 26.3 Å². The van der Waals surface area contributed by atoms with E-state index in [0.717, 1.165) is 17.0 Å². The van der Waals surface area contributed by atoms with Gasteiger partial charge in [-0.1, -0.05) is 0 Å². The molecule has 1 unspecified atom stereocenters. The number of carbonyl (C=O) groups is 5. The van der Waals surface area contributed by atoms with Crippen molar-refractivity contribution in [2.45, 2.75) is 62.5 Å². The van der Waals surface area contributed by atoms with Gasteiger partial charge < -0.3 is 44.8 Å². The van der Waals surface area contributed by atoms with Crippen LogP contribution in [0.5, 0.6) is 0 Å². The Morgan fingerprint density at radius 2 is 1.41 bits per heavy atom. The van der Waals surface area contributed by atoms with Crippen molar-refractivity contribution in [1.82, 2.24) is 15.2 Å². The van der Waals surface area contributed by atoms with Crippen LogP contribution in [0.25, 0.3) is 0 Å². The molecule has 3 aliphatic heterocycles. The van der Waals surface area contributed by atoms with Crippen LogP contribution in [0, 0.1) is 0 Å². The van der Waals surface area contributed by atoms with Crippen LogP contribution in [0.3, 0.4) is 0 Å². The van der Waals surface area contributed by atoms with Gasteiger partial charge in [-0.3, -0.25) is 24.0 Å². The summed E-state index contributed by atoms with van der Waals surface area (Å²) < 4.78 is 93.2. The number of hydrogen-bond donors (Lipinski definition) is 6. The molecular weight excluding hydrogens is 718 g/mol. The monoisotopic (exact) mass is 745 g/mol. The lowest BCUT2D eigenvalue weighted by Crippen LogP contribution is -2.48. The molecule has 1 fully saturated rings. The van der Waals surface area contributed by atoms with Crippen LogP contribution >= 0.6 is 0 Å². The van der Waals surface area contributed by atoms with E-state index in [9.17, 15) is 65.5 Å². The molecule has 0 bridgehead atoms. The third-order valence-corrected chi connectivity index (χ3v) is 10.6. The van der Waals surface area contributed by atoms with E-state index in [4.69, 9.17) is 14.4 Å². The highest BCUT2D eigenvalue weighted by atomic mass is 28.2. The molecule has 23 heteroatoms. The van der Waals surface area contributed by atoms with E-state index < -0.39 is 144 Å². The molecule has 3 amide bonds. The van der Waals surface area contributed by atoms with E-state index >= 15 is 0 Å². The fraction of sp³-hybridized carbons (Fsp3) is 0.393. The Labute approximate surface area is 286 Å². The van der Waals surface area contributed by atoms with Gasteiger partial charge in [-0.05, 0) is 59.2 Å². The quantitative estimate of drug-likeness (QED) is 0.130. The SMILES string of the molecule is O=C(O)CC[C@H]([SiH2]NC(=O)[C@@H]1CC(NC(=O)c2cc3c(c(C(F)(F)F)c2)COB3O)CN1C(=O)c1cc2c(c(C(F)(F)F)c1)COB2O)C(=O)O. The predicted molar refractivity (Wildman–Crippen MR) is 163 cm³/mol. The number of aliphatic carboxylic acids is 2. The minimum absolute atomic E-state index is 0.306. The Bertz CT molecular complexity index is 1780. The number of carbonyl (C=O) groups excluding carboxylic acids is 3. The van der Waals surface area contributed by atoms with Gasteiger partial charge in [-0.15, -0.1) is 0 Å². The van der Waals surface area contributed by atoms with E-state index in [1.165, 1.54) is 0 Å². The van der Waals surface area contributed by atoms with Crippen molar-refractivity contribution in [2.24, 2.45) is 0 Å². The maximum absolute atomic E-state index is 14.0. The minimum atomic E-state index is -5.00. The molecule has 0 radical (unpaired) electrons. The molecule has 0 aliphatic carbocycles. The van der Waals surface area contributed by atoms with Gasteiger partial charge in [0.15, 0.2) is 0 Å². The zero-order valence-electron chi connectivity index (χ0n) is 26.0. The van der Waals surface area contributed by atoms with E-state index in [-0.39, 0.29) is 22.9 Å². The summed E-state index contributed by atoms with van der Waals surface area (Å²) in [6.45, 7) is -1.73. The number of likely N-dealkylation sites (tertiary alicyclic amines) is 1. The van der Waals surface area contributed by atoms with Crippen LogP contribution in [0.15, 0.2) is 24.3 Å². The number of rotatable bonds is 10. The lowest BCUT2D eigenvalue weighted by atomic mass is 9.77. The normalized spacial score (nSPS) is 19.3. The highest BCUT2D eigenvalue weighted by Gasteiger charge is 2.45. The summed E-state index contributed by atoms with van der Waals surface area (Å²) in [6, 6.07) is 0.224. The molecule has 2 aromatic rings. The van der Waals surface area contributed by atoms with Crippen LogP contribution in [-0.4, -0.2) is 97.4 Å². The molecular formula is C28H27B2F6N3O11Si. The molecule has 3 aliphatic rings. The molecule has 6 N–H and O–H groups in total. The summed E-state index contributed by atoms with van der Waals surface area (Å²) in [6.07, 6.45) is -11.2. The highest BCUT2D eigenvalue weighted by Crippen LogP contribution is 2.36. The fourth-order valence-electron chi connectivity index (χ4n) is 6.22. The van der Waals surface area contributed by atoms with Gasteiger partial charge in [0.05, 0.1) is 29.9 Å². The molecule has 1 saturated heterocycles. The molecule has 3 atom stereocenters. The van der Waals surface area contributed by atoms with Crippen molar-refractivity contribution in [3.63, 3.8) is 0 Å². The molecule has 272 valence electrons. The molecule has 0 spiro atoms. The first kappa shape index (κ1) is 37.8. The summed E-state index contributed by atoms with van der Waals surface area (Å²) >= 11 is 0. The van der Waals surface area contributed by atoms with Crippen LogP contribution in [0.2, 0.25) is 5.54 Å². The third-order valence-electron chi connectivity index (χ3n) is 8.77. The second-order valence-corrected chi connectivity index (χ2v) is 13.8. The summed E-state index contributed by atoms with van der Waals surface area (Å²) in [4.78, 5) is 66.4. The first-order valence-electron chi connectivity index (χ1n) is 15.2. The summed E-state index contributed by atoms with van der Waals surface area (Å²) in [5.74, 6) is -5.94. The molecule has 2 aromatic carbocycles. The number of carboxylic acids is 2. The van der Waals surface area contributed by atoms with Gasteiger partial charge in [-0.25, -0.2) is 0 Å². The predicted octanol–water partition coefficient (Wildman–Crippen LogP) is -0.889. The largest absolute Gasteiger partial charge is 0.491 e. The van der Waals surface area contributed by atoms with Crippen molar-refractivity contribution in [3.05, 3.63) is 57.6 Å². The maximum atomic E-state index is 14.0. The number of nitrogens with zero attached hydrogens (tertiary/aromatic N) is 1. The minimum Gasteiger partial charge on any atom is -0.481 e. The van der Waals surface area contributed by atoms with Crippen molar-refractivity contribution >= 4 is 64.5 Å². The third kappa shape index (κ3) is 8.06. The van der Waals surface area contributed by atoms with Gasteiger partial charge in [0.1, 0.15) is 15.7 Å². The van der Waals surface area contributed by atoms with Crippen molar-refractivity contribution < 1.29 is 79.9 Å². The molecule has 5 rings (SSSR count). The number of amides is 3. The number of alkyl halides is 6. The molecule has 0 saturated carbocycles. The topological polar surface area (TPSA) is 212 Å². The maximum Gasteiger partial charge on any atom is 0.491 e. The van der Waals surface area contributed by atoms with Crippen LogP contribution in [0.4, 0.5) is 26.3 Å². The average Bonchev–Trinajstić information content (AvgIpc) is 3.75. The first-order chi connectivity index (χ1) is 23.8. The standard InChI is InChI=1S/C28H27B2F6N3O11Si/c31-27(32,33)16-3-11(5-18-14(16)9-49-29(18)47)23(42)37-13-7-20(24(43)38-51-21(26(45)46)1-2-22(40)41)39(8-13)25(44)12-4-17(28(34,35)36)15-10-50-30(48)19(15)6-12/h3-6,13,20-21,47-48H,1-2,7-10,51H2,(H,37,42)(H,38,43)(H,40,41)(H,45,46)/t13?,20-,21-/m0/s1. The second kappa shape index (κ2) is 14.3. The van der Waals surface area contributed by atoms with E-state index in [1.54, 1.807) is 0 Å². The van der Waals surface area contributed by atoms with Crippen molar-refractivity contribution in [3.8, 4) is 0 Å². The number of halogens is 6. The smallest absolute Gasteiger partial charge is 0.481 e. The van der Waals surface area contributed by atoms with Crippen molar-refractivity contribution in [1.29, 1.82) is 0 Å². The lowest BCUT2D eigenvalue weighted by Gasteiger charge is -2.25. The Morgan fingerprint density at radius 1 is 0.882 bits per heavy atom. The van der Waals surface area contributed by atoms with Gasteiger partial charge >= 0.3 is 38.5 Å². The number of nitrogens with one attached hydrogen (secondary N) is 2. The van der Waals surface area contributed by atoms with Crippen LogP contribution in [0.1, 0.15) is 62.2 Å². The Hall–Kier alpha value is -4.44. The zero-order chi connectivity index (χ0) is 37.6. The number of carboxylic acid groups (broad SMARTS) is 2. The Balaban J connectivity index is 1.44. The van der Waals surface area contributed by atoms with Gasteiger partial charge in [0.2, 0.25) is 5.91 Å². The summed E-state index contributed by atoms with van der Waals surface area (Å²) in [5, 5.41) is 41.0. The highest BCUT2D eigenvalue weighted by molar-refractivity contribution is 6.62. The molecule has 3 heterocycles. The fourth-order valence-corrected chi connectivity index (χ4v) is 7.48. The molecule has 0 aromatic heterocycles. The summed E-state index contributed by atoms with van der Waals surface area (Å²) in [7, 11) is -5.69. The van der Waals surface area contributed by atoms with Crippen LogP contribution < -0.4 is 21.2 Å². The van der Waals surface area contributed by atoms with E-state index in [0.29, 0.717) is 12.1 Å².